The molecule has 2 nitrogen and oxygen atoms in total. The van der Waals surface area contributed by atoms with Gasteiger partial charge in [-0.05, 0) is 31.6 Å². The predicted octanol–water partition coefficient (Wildman–Crippen LogP) is 2.88. The van der Waals surface area contributed by atoms with Crippen molar-refractivity contribution in [2.75, 3.05) is 6.54 Å². The fourth-order valence-electron chi connectivity index (χ4n) is 2.16. The molecule has 1 aliphatic rings. The molecule has 1 rings (SSSR count). The summed E-state index contributed by atoms with van der Waals surface area (Å²) in [6, 6.07) is 0. The Morgan fingerprint density at radius 3 is 2.25 bits per heavy atom. The van der Waals surface area contributed by atoms with Crippen molar-refractivity contribution in [1.29, 1.82) is 0 Å². The van der Waals surface area contributed by atoms with Crippen LogP contribution in [0.3, 0.4) is 0 Å². The molecule has 1 saturated carbocycles. The predicted molar refractivity (Wildman–Crippen MR) is 54.8 cm³/mol. The van der Waals surface area contributed by atoms with E-state index < -0.39 is 18.6 Å². The number of amides is 1. The zero-order chi connectivity index (χ0) is 12.2. The highest BCUT2D eigenvalue weighted by Crippen LogP contribution is 2.30. The molecular formula is C11H18F3NO. The largest absolute Gasteiger partial charge is 0.405 e. The summed E-state index contributed by atoms with van der Waals surface area (Å²) in [4.78, 5) is 11.4. The van der Waals surface area contributed by atoms with Crippen LogP contribution in [0.2, 0.25) is 0 Å². The average Bonchev–Trinajstić information content (AvgIpc) is 2.25. The van der Waals surface area contributed by atoms with E-state index in [1.54, 1.807) is 0 Å². The smallest absolute Gasteiger partial charge is 0.347 e. The number of hydrogen-bond acceptors (Lipinski definition) is 1. The van der Waals surface area contributed by atoms with Gasteiger partial charge in [-0.15, -0.1) is 0 Å². The Morgan fingerprint density at radius 1 is 1.25 bits per heavy atom. The molecule has 0 aromatic heterocycles. The Labute approximate surface area is 93.6 Å². The maximum absolute atomic E-state index is 11.9. The van der Waals surface area contributed by atoms with E-state index >= 15 is 0 Å². The van der Waals surface area contributed by atoms with Gasteiger partial charge in [0.1, 0.15) is 6.54 Å². The summed E-state index contributed by atoms with van der Waals surface area (Å²) >= 11 is 0. The molecule has 1 amide bonds. The number of alkyl halides is 3. The highest BCUT2D eigenvalue weighted by atomic mass is 19.4. The van der Waals surface area contributed by atoms with Gasteiger partial charge in [0, 0.05) is 5.92 Å². The van der Waals surface area contributed by atoms with Crippen LogP contribution in [-0.4, -0.2) is 18.6 Å². The van der Waals surface area contributed by atoms with Crippen LogP contribution in [0.4, 0.5) is 13.2 Å². The van der Waals surface area contributed by atoms with Crippen molar-refractivity contribution in [2.24, 2.45) is 11.8 Å². The van der Waals surface area contributed by atoms with Crippen LogP contribution >= 0.6 is 0 Å². The molecule has 0 spiro atoms. The molecule has 0 unspecified atom stereocenters. The zero-order valence-electron chi connectivity index (χ0n) is 9.44. The highest BCUT2D eigenvalue weighted by molar-refractivity contribution is 5.78. The van der Waals surface area contributed by atoms with E-state index in [1.165, 1.54) is 0 Å². The minimum atomic E-state index is -4.31. The van der Waals surface area contributed by atoms with Gasteiger partial charge < -0.3 is 5.32 Å². The van der Waals surface area contributed by atoms with E-state index in [0.717, 1.165) is 32.1 Å². The van der Waals surface area contributed by atoms with E-state index in [-0.39, 0.29) is 5.92 Å². The summed E-state index contributed by atoms with van der Waals surface area (Å²) in [6.07, 6.45) is 0.152. The van der Waals surface area contributed by atoms with Crippen LogP contribution in [0.15, 0.2) is 0 Å². The van der Waals surface area contributed by atoms with Gasteiger partial charge in [-0.1, -0.05) is 13.3 Å². The maximum Gasteiger partial charge on any atom is 0.405 e. The normalized spacial score (nSPS) is 26.5. The molecule has 5 heteroatoms. The summed E-state index contributed by atoms with van der Waals surface area (Å²) in [7, 11) is 0. The Hall–Kier alpha value is -0.740. The molecule has 94 valence electrons. The summed E-state index contributed by atoms with van der Waals surface area (Å²) in [5.74, 6) is -0.0105. The lowest BCUT2D eigenvalue weighted by Crippen LogP contribution is -2.38. The van der Waals surface area contributed by atoms with Crippen molar-refractivity contribution in [1.82, 2.24) is 5.32 Å². The lowest BCUT2D eigenvalue weighted by molar-refractivity contribution is -0.141. The first-order valence-corrected chi connectivity index (χ1v) is 5.77. The lowest BCUT2D eigenvalue weighted by atomic mass is 9.80. The second kappa shape index (κ2) is 5.55. The summed E-state index contributed by atoms with van der Waals surface area (Å²) in [6.45, 7) is 0.897. The summed E-state index contributed by atoms with van der Waals surface area (Å²) in [5.41, 5.74) is 0. The topological polar surface area (TPSA) is 29.1 Å². The van der Waals surface area contributed by atoms with Gasteiger partial charge in [0.25, 0.3) is 0 Å². The van der Waals surface area contributed by atoms with E-state index in [0.29, 0.717) is 5.92 Å². The molecule has 1 N–H and O–H groups in total. The summed E-state index contributed by atoms with van der Waals surface area (Å²) in [5, 5.41) is 1.96. The molecule has 0 bridgehead atoms. The molecular weight excluding hydrogens is 219 g/mol. The number of halogens is 3. The molecule has 1 fully saturated rings. The SMILES string of the molecule is CCC1CCC(C(=O)NCC(F)(F)F)CC1. The van der Waals surface area contributed by atoms with Gasteiger partial charge in [-0.25, -0.2) is 0 Å². The first kappa shape index (κ1) is 13.3. The van der Waals surface area contributed by atoms with E-state index in [2.05, 4.69) is 6.92 Å². The van der Waals surface area contributed by atoms with Crippen molar-refractivity contribution in [3.63, 3.8) is 0 Å². The molecule has 16 heavy (non-hydrogen) atoms. The van der Waals surface area contributed by atoms with E-state index in [4.69, 9.17) is 0 Å². The maximum atomic E-state index is 11.9. The Balaban J connectivity index is 2.28. The van der Waals surface area contributed by atoms with Crippen LogP contribution in [-0.2, 0) is 4.79 Å². The van der Waals surface area contributed by atoms with Crippen LogP contribution < -0.4 is 5.32 Å². The number of nitrogens with one attached hydrogen (secondary N) is 1. The Morgan fingerprint density at radius 2 is 1.81 bits per heavy atom. The van der Waals surface area contributed by atoms with Gasteiger partial charge >= 0.3 is 6.18 Å². The summed E-state index contributed by atoms with van der Waals surface area (Å²) < 4.78 is 35.7. The van der Waals surface area contributed by atoms with Crippen LogP contribution in [0.1, 0.15) is 39.0 Å². The highest BCUT2D eigenvalue weighted by Gasteiger charge is 2.31. The molecule has 0 aliphatic heterocycles. The quantitative estimate of drug-likeness (QED) is 0.803. The zero-order valence-corrected chi connectivity index (χ0v) is 9.44. The third kappa shape index (κ3) is 4.41. The van der Waals surface area contributed by atoms with Crippen LogP contribution in [0, 0.1) is 11.8 Å². The molecule has 0 aromatic carbocycles. The van der Waals surface area contributed by atoms with Crippen LogP contribution in [0.25, 0.3) is 0 Å². The second-order valence-corrected chi connectivity index (χ2v) is 4.46. The Bertz CT molecular complexity index is 232. The standard InChI is InChI=1S/C11H18F3NO/c1-2-8-3-5-9(6-4-8)10(16)15-7-11(12,13)14/h8-9H,2-7H2,1H3,(H,15,16). The molecule has 0 saturated heterocycles. The monoisotopic (exact) mass is 237 g/mol. The van der Waals surface area contributed by atoms with Crippen molar-refractivity contribution in [3.05, 3.63) is 0 Å². The minimum Gasteiger partial charge on any atom is -0.347 e. The molecule has 1 aliphatic carbocycles. The molecule has 0 heterocycles. The molecule has 0 radical (unpaired) electrons. The number of carbonyl (C=O) groups is 1. The van der Waals surface area contributed by atoms with Gasteiger partial charge in [0.05, 0.1) is 0 Å². The van der Waals surface area contributed by atoms with E-state index in [1.807, 2.05) is 5.32 Å². The first-order chi connectivity index (χ1) is 7.42. The van der Waals surface area contributed by atoms with Gasteiger partial charge in [-0.3, -0.25) is 4.79 Å². The lowest BCUT2D eigenvalue weighted by Gasteiger charge is -2.27. The van der Waals surface area contributed by atoms with Gasteiger partial charge in [0.2, 0.25) is 5.91 Å². The van der Waals surface area contributed by atoms with Crippen molar-refractivity contribution >= 4 is 5.91 Å². The van der Waals surface area contributed by atoms with Gasteiger partial charge in [0.15, 0.2) is 0 Å². The minimum absolute atomic E-state index is 0.217. The van der Waals surface area contributed by atoms with Crippen LogP contribution in [0.5, 0.6) is 0 Å². The number of rotatable bonds is 3. The van der Waals surface area contributed by atoms with Crippen molar-refractivity contribution < 1.29 is 18.0 Å². The average molecular weight is 237 g/mol. The third-order valence-corrected chi connectivity index (χ3v) is 3.26. The fraction of sp³-hybridized carbons (Fsp3) is 0.909. The second-order valence-electron chi connectivity index (χ2n) is 4.46. The molecule has 0 aromatic rings. The number of carbonyl (C=O) groups excluding carboxylic acids is 1. The van der Waals surface area contributed by atoms with Gasteiger partial charge in [-0.2, -0.15) is 13.2 Å². The van der Waals surface area contributed by atoms with E-state index in [9.17, 15) is 18.0 Å². The third-order valence-electron chi connectivity index (χ3n) is 3.26. The number of hydrogen-bond donors (Lipinski definition) is 1. The van der Waals surface area contributed by atoms with Crippen molar-refractivity contribution in [3.8, 4) is 0 Å². The molecule has 0 atom stereocenters. The van der Waals surface area contributed by atoms with Crippen molar-refractivity contribution in [2.45, 2.75) is 45.2 Å². The Kier molecular flexibility index (Phi) is 4.62. The fourth-order valence-corrected chi connectivity index (χ4v) is 2.16. The first-order valence-electron chi connectivity index (χ1n) is 5.77.